The maximum atomic E-state index is 11.1. The second-order valence-corrected chi connectivity index (χ2v) is 9.72. The lowest BCUT2D eigenvalue weighted by Crippen LogP contribution is -2.50. The molecule has 11 heteroatoms. The molecular weight excluding hydrogens is 459 g/mol. The first-order valence-electron chi connectivity index (χ1n) is 7.03. The minimum atomic E-state index is -1.65. The van der Waals surface area contributed by atoms with Crippen LogP contribution in [0.25, 0.3) is 0 Å². The van der Waals surface area contributed by atoms with Crippen molar-refractivity contribution in [1.29, 1.82) is 0 Å². The molecule has 0 spiro atoms. The van der Waals surface area contributed by atoms with Gasteiger partial charge in [-0.15, -0.1) is 23.2 Å². The fraction of sp³-hybridized carbons (Fsp3) is 0.571. The smallest absolute Gasteiger partial charge is 0.270 e. The molecule has 4 atom stereocenters. The van der Waals surface area contributed by atoms with E-state index in [4.69, 9.17) is 79.1 Å². The van der Waals surface area contributed by atoms with Crippen molar-refractivity contribution in [3.05, 3.63) is 33.9 Å². The highest BCUT2D eigenvalue weighted by atomic mass is 35.5. The molecule has 0 radical (unpaired) electrons. The Morgan fingerprint density at radius 3 is 2.16 bits per heavy atom. The standard InChI is InChI=1S/C14H13Cl6NO4/c1-6(15)13(17,18)11-9-5-8(21(22)23)3-4-10(9)24-12(25-11)14(19,20)7(2)16/h3-7,11-12H,1-2H3. The lowest BCUT2D eigenvalue weighted by molar-refractivity contribution is -0.385. The number of rotatable bonds is 5. The van der Waals surface area contributed by atoms with Crippen LogP contribution in [0.4, 0.5) is 5.69 Å². The molecule has 1 aliphatic heterocycles. The normalized spacial score (nSPS) is 23.4. The zero-order valence-electron chi connectivity index (χ0n) is 12.9. The zero-order valence-corrected chi connectivity index (χ0v) is 17.4. The highest BCUT2D eigenvalue weighted by Gasteiger charge is 2.52. The highest BCUT2D eigenvalue weighted by Crippen LogP contribution is 2.52. The maximum absolute atomic E-state index is 11.1. The number of nitro groups is 1. The molecule has 1 aromatic carbocycles. The monoisotopic (exact) mass is 469 g/mol. The van der Waals surface area contributed by atoms with E-state index >= 15 is 0 Å². The SMILES string of the molecule is CC(Cl)C(Cl)(Cl)C1Oc2ccc([N+](=O)[O-])cc2C(C(Cl)(Cl)C(C)Cl)O1. The number of benzene rings is 1. The van der Waals surface area contributed by atoms with Gasteiger partial charge in [0.25, 0.3) is 5.69 Å². The van der Waals surface area contributed by atoms with Crippen LogP contribution in [0.5, 0.6) is 5.75 Å². The molecule has 1 heterocycles. The number of alkyl halides is 6. The Balaban J connectivity index is 2.56. The van der Waals surface area contributed by atoms with Gasteiger partial charge in [-0.2, -0.15) is 0 Å². The van der Waals surface area contributed by atoms with Crippen molar-refractivity contribution in [2.24, 2.45) is 0 Å². The summed E-state index contributed by atoms with van der Waals surface area (Å²) in [6.07, 6.45) is -2.32. The van der Waals surface area contributed by atoms with E-state index in [1.165, 1.54) is 18.2 Å². The van der Waals surface area contributed by atoms with Crippen LogP contribution in [0, 0.1) is 10.1 Å². The molecule has 25 heavy (non-hydrogen) atoms. The predicted molar refractivity (Wildman–Crippen MR) is 101 cm³/mol. The molecule has 1 aliphatic rings. The molecule has 0 bridgehead atoms. The van der Waals surface area contributed by atoms with E-state index in [9.17, 15) is 10.1 Å². The topological polar surface area (TPSA) is 61.6 Å². The largest absolute Gasteiger partial charge is 0.461 e. The van der Waals surface area contributed by atoms with Gasteiger partial charge in [0.05, 0.1) is 15.7 Å². The third kappa shape index (κ3) is 4.18. The first kappa shape index (κ1) is 21.4. The van der Waals surface area contributed by atoms with E-state index in [2.05, 4.69) is 0 Å². The second kappa shape index (κ2) is 7.63. The Labute approximate surface area is 174 Å². The first-order valence-corrected chi connectivity index (χ1v) is 9.41. The third-order valence-corrected chi connectivity index (χ3v) is 6.90. The van der Waals surface area contributed by atoms with Gasteiger partial charge in [-0.05, 0) is 19.9 Å². The molecule has 5 nitrogen and oxygen atoms in total. The minimum Gasteiger partial charge on any atom is -0.461 e. The molecule has 2 rings (SSSR count). The van der Waals surface area contributed by atoms with Gasteiger partial charge in [0, 0.05) is 17.7 Å². The van der Waals surface area contributed by atoms with Crippen LogP contribution in [0.1, 0.15) is 25.5 Å². The van der Waals surface area contributed by atoms with Crippen molar-refractivity contribution in [3.8, 4) is 5.75 Å². The van der Waals surface area contributed by atoms with Crippen LogP contribution < -0.4 is 4.74 Å². The number of nitro benzene ring substituents is 1. The number of nitrogens with zero attached hydrogens (tertiary/aromatic N) is 1. The van der Waals surface area contributed by atoms with E-state index in [0.29, 0.717) is 0 Å². The van der Waals surface area contributed by atoms with Crippen molar-refractivity contribution in [3.63, 3.8) is 0 Å². The predicted octanol–water partition coefficient (Wildman–Crippen LogP) is 5.97. The van der Waals surface area contributed by atoms with Gasteiger partial charge in [-0.25, -0.2) is 0 Å². The van der Waals surface area contributed by atoms with Gasteiger partial charge < -0.3 is 9.47 Å². The average molecular weight is 472 g/mol. The molecule has 0 aliphatic carbocycles. The summed E-state index contributed by atoms with van der Waals surface area (Å²) in [5.74, 6) is 0.234. The fourth-order valence-corrected chi connectivity index (χ4v) is 2.91. The molecule has 1 aromatic rings. The number of ether oxygens (including phenoxy) is 2. The molecular formula is C14H13Cl6NO4. The third-order valence-electron chi connectivity index (χ3n) is 3.70. The Bertz CT molecular complexity index is 667. The second-order valence-electron chi connectivity index (χ2n) is 5.53. The summed E-state index contributed by atoms with van der Waals surface area (Å²) in [6, 6.07) is 3.91. The molecule has 0 amide bonds. The number of halogens is 6. The summed E-state index contributed by atoms with van der Waals surface area (Å²) in [7, 11) is 0. The Hall–Kier alpha value is 0.120. The van der Waals surface area contributed by atoms with E-state index < -0.39 is 36.7 Å². The number of hydrogen-bond donors (Lipinski definition) is 0. The molecule has 0 aromatic heterocycles. The van der Waals surface area contributed by atoms with Crippen LogP contribution in [-0.2, 0) is 4.74 Å². The van der Waals surface area contributed by atoms with Gasteiger partial charge in [0.15, 0.2) is 8.67 Å². The van der Waals surface area contributed by atoms with Crippen LogP contribution in [0.3, 0.4) is 0 Å². The Morgan fingerprint density at radius 1 is 1.12 bits per heavy atom. The average Bonchev–Trinajstić information content (AvgIpc) is 2.52. The Morgan fingerprint density at radius 2 is 1.68 bits per heavy atom. The molecule has 0 fully saturated rings. The summed E-state index contributed by atoms with van der Waals surface area (Å²) in [5.41, 5.74) is 0.0730. The van der Waals surface area contributed by atoms with Crippen LogP contribution in [0.2, 0.25) is 0 Å². The summed E-state index contributed by atoms with van der Waals surface area (Å²) in [6.45, 7) is 3.12. The molecule has 0 saturated heterocycles. The van der Waals surface area contributed by atoms with Gasteiger partial charge in [-0.3, -0.25) is 10.1 Å². The van der Waals surface area contributed by atoms with E-state index in [1.54, 1.807) is 13.8 Å². The minimum absolute atomic E-state index is 0.186. The lowest BCUT2D eigenvalue weighted by Gasteiger charge is -2.43. The first-order chi connectivity index (χ1) is 11.4. The van der Waals surface area contributed by atoms with Crippen LogP contribution >= 0.6 is 69.6 Å². The van der Waals surface area contributed by atoms with Gasteiger partial charge in [0.1, 0.15) is 11.9 Å². The van der Waals surface area contributed by atoms with Gasteiger partial charge >= 0.3 is 0 Å². The van der Waals surface area contributed by atoms with Crippen molar-refractivity contribution in [2.75, 3.05) is 0 Å². The zero-order chi connectivity index (χ0) is 19.2. The highest BCUT2D eigenvalue weighted by molar-refractivity contribution is 6.53. The summed E-state index contributed by atoms with van der Waals surface area (Å²) in [4.78, 5) is 10.5. The number of hydrogen-bond acceptors (Lipinski definition) is 4. The Kier molecular flexibility index (Phi) is 6.53. The molecule has 0 saturated carbocycles. The summed E-state index contributed by atoms with van der Waals surface area (Å²) in [5, 5.41) is 9.53. The number of fused-ring (bicyclic) bond motifs is 1. The van der Waals surface area contributed by atoms with Crippen molar-refractivity contribution in [2.45, 2.75) is 45.7 Å². The van der Waals surface area contributed by atoms with Crippen LogP contribution in [0.15, 0.2) is 18.2 Å². The van der Waals surface area contributed by atoms with Crippen molar-refractivity contribution >= 4 is 75.3 Å². The van der Waals surface area contributed by atoms with E-state index in [-0.39, 0.29) is 17.0 Å². The summed E-state index contributed by atoms with van der Waals surface area (Å²) >= 11 is 37.3. The van der Waals surface area contributed by atoms with Crippen molar-refractivity contribution < 1.29 is 14.4 Å². The molecule has 4 unspecified atom stereocenters. The van der Waals surface area contributed by atoms with Gasteiger partial charge in [-0.1, -0.05) is 46.4 Å². The maximum Gasteiger partial charge on any atom is 0.270 e. The van der Waals surface area contributed by atoms with Crippen molar-refractivity contribution in [1.82, 2.24) is 0 Å². The lowest BCUT2D eigenvalue weighted by atomic mass is 10.0. The number of non-ortho nitro benzene ring substituents is 1. The summed E-state index contributed by atoms with van der Waals surface area (Å²) < 4.78 is 8.12. The van der Waals surface area contributed by atoms with Crippen LogP contribution in [-0.4, -0.2) is 30.6 Å². The van der Waals surface area contributed by atoms with E-state index in [1.807, 2.05) is 0 Å². The van der Waals surface area contributed by atoms with Gasteiger partial charge in [0.2, 0.25) is 6.29 Å². The van der Waals surface area contributed by atoms with E-state index in [0.717, 1.165) is 0 Å². The quantitative estimate of drug-likeness (QED) is 0.301. The molecule has 0 N–H and O–H groups in total. The fourth-order valence-electron chi connectivity index (χ4n) is 2.17. The molecule has 140 valence electrons.